The molecule has 1 N–H and O–H groups in total. The minimum Gasteiger partial charge on any atom is -0.381 e. The van der Waals surface area contributed by atoms with Crippen molar-refractivity contribution in [2.75, 3.05) is 7.11 Å². The molecule has 2 rings (SSSR count). The highest BCUT2D eigenvalue weighted by atomic mass is 16.5. The van der Waals surface area contributed by atoms with Gasteiger partial charge in [-0.3, -0.25) is 0 Å². The average Bonchev–Trinajstić information content (AvgIpc) is 2.66. The van der Waals surface area contributed by atoms with Gasteiger partial charge in [0.25, 0.3) is 0 Å². The molecule has 4 heteroatoms. The number of hydrogen-bond donors (Lipinski definition) is 1. The van der Waals surface area contributed by atoms with Gasteiger partial charge in [-0.25, -0.2) is 9.97 Å². The summed E-state index contributed by atoms with van der Waals surface area (Å²) < 4.78 is 5.22. The van der Waals surface area contributed by atoms with Gasteiger partial charge >= 0.3 is 0 Å². The fourth-order valence-electron chi connectivity index (χ4n) is 1.83. The third-order valence-corrected chi connectivity index (χ3v) is 2.81. The fraction of sp³-hybridized carbons (Fsp3) is 0.636. The molecule has 1 atom stereocenters. The van der Waals surface area contributed by atoms with Crippen LogP contribution in [0.1, 0.15) is 29.7 Å². The Kier molecular flexibility index (Phi) is 2.98. The summed E-state index contributed by atoms with van der Waals surface area (Å²) in [4.78, 5) is 9.05. The van der Waals surface area contributed by atoms with Crippen molar-refractivity contribution in [1.82, 2.24) is 15.3 Å². The largest absolute Gasteiger partial charge is 0.381 e. The topological polar surface area (TPSA) is 47.0 Å². The van der Waals surface area contributed by atoms with Crippen LogP contribution in [0.3, 0.4) is 0 Å². The van der Waals surface area contributed by atoms with Crippen LogP contribution in [0.25, 0.3) is 0 Å². The fourth-order valence-corrected chi connectivity index (χ4v) is 1.83. The highest BCUT2D eigenvalue weighted by Gasteiger charge is 2.17. The predicted octanol–water partition coefficient (Wildman–Crippen LogP) is 0.966. The van der Waals surface area contributed by atoms with Gasteiger partial charge in [-0.15, -0.1) is 0 Å². The maximum atomic E-state index is 5.22. The van der Waals surface area contributed by atoms with E-state index in [2.05, 4.69) is 22.2 Å². The number of aryl methyl sites for hydroxylation is 1. The van der Waals surface area contributed by atoms with E-state index in [-0.39, 0.29) is 6.10 Å². The summed E-state index contributed by atoms with van der Waals surface area (Å²) in [5.74, 6) is 0.893. The third kappa shape index (κ3) is 2.16. The average molecular weight is 207 g/mol. The van der Waals surface area contributed by atoms with Gasteiger partial charge in [0.2, 0.25) is 0 Å². The zero-order valence-electron chi connectivity index (χ0n) is 9.50. The van der Waals surface area contributed by atoms with E-state index in [9.17, 15) is 0 Å². The van der Waals surface area contributed by atoms with Crippen LogP contribution < -0.4 is 5.32 Å². The molecule has 0 aromatic carbocycles. The lowest BCUT2D eigenvalue weighted by molar-refractivity contribution is 0.117. The molecule has 1 aliphatic rings. The molecular weight excluding hydrogens is 190 g/mol. The lowest BCUT2D eigenvalue weighted by Crippen LogP contribution is -2.13. The minimum atomic E-state index is 0.178. The van der Waals surface area contributed by atoms with Crippen molar-refractivity contribution >= 4 is 0 Å². The lowest BCUT2D eigenvalue weighted by atomic mass is 10.2. The van der Waals surface area contributed by atoms with Gasteiger partial charge in [-0.2, -0.15) is 0 Å². The molecule has 82 valence electrons. The maximum Gasteiger partial charge on any atom is 0.131 e. The van der Waals surface area contributed by atoms with Crippen molar-refractivity contribution in [3.05, 3.63) is 22.8 Å². The molecule has 0 bridgehead atoms. The first kappa shape index (κ1) is 10.5. The molecule has 0 radical (unpaired) electrons. The molecule has 0 saturated heterocycles. The smallest absolute Gasteiger partial charge is 0.131 e. The van der Waals surface area contributed by atoms with E-state index in [0.29, 0.717) is 0 Å². The van der Waals surface area contributed by atoms with E-state index >= 15 is 0 Å². The zero-order chi connectivity index (χ0) is 10.8. The van der Waals surface area contributed by atoms with Gasteiger partial charge in [0.1, 0.15) is 5.82 Å². The van der Waals surface area contributed by atoms with Crippen molar-refractivity contribution in [3.8, 4) is 0 Å². The van der Waals surface area contributed by atoms with Crippen LogP contribution in [0.2, 0.25) is 0 Å². The summed E-state index contributed by atoms with van der Waals surface area (Å²) in [6.07, 6.45) is 0.960. The summed E-state index contributed by atoms with van der Waals surface area (Å²) >= 11 is 0. The number of aromatic nitrogens is 2. The molecule has 0 fully saturated rings. The van der Waals surface area contributed by atoms with E-state index in [1.165, 1.54) is 5.56 Å². The van der Waals surface area contributed by atoms with Crippen LogP contribution in [0.4, 0.5) is 0 Å². The molecule has 15 heavy (non-hydrogen) atoms. The normalized spacial score (nSPS) is 16.5. The Morgan fingerprint density at radius 1 is 1.40 bits per heavy atom. The zero-order valence-corrected chi connectivity index (χ0v) is 9.50. The van der Waals surface area contributed by atoms with Crippen molar-refractivity contribution in [2.45, 2.75) is 39.5 Å². The first-order valence-corrected chi connectivity index (χ1v) is 5.29. The van der Waals surface area contributed by atoms with Crippen molar-refractivity contribution in [1.29, 1.82) is 0 Å². The van der Waals surface area contributed by atoms with E-state index in [0.717, 1.165) is 36.7 Å². The summed E-state index contributed by atoms with van der Waals surface area (Å²) in [7, 11) is 1.71. The third-order valence-electron chi connectivity index (χ3n) is 2.81. The van der Waals surface area contributed by atoms with Crippen LogP contribution in [-0.4, -0.2) is 23.2 Å². The van der Waals surface area contributed by atoms with Crippen molar-refractivity contribution < 1.29 is 4.74 Å². The standard InChI is InChI=1S/C11H17N3O/c1-7(15-3)4-11-13-8(2)9-5-12-6-10(9)14-11/h7,12H,4-6H2,1-3H3. The predicted molar refractivity (Wildman–Crippen MR) is 57.5 cm³/mol. The van der Waals surface area contributed by atoms with Crippen LogP contribution >= 0.6 is 0 Å². The highest BCUT2D eigenvalue weighted by Crippen LogP contribution is 2.16. The molecule has 0 saturated carbocycles. The summed E-state index contributed by atoms with van der Waals surface area (Å²) in [6.45, 7) is 5.85. The maximum absolute atomic E-state index is 5.22. The number of hydrogen-bond acceptors (Lipinski definition) is 4. The molecule has 1 aromatic rings. The van der Waals surface area contributed by atoms with Gasteiger partial charge < -0.3 is 10.1 Å². The Bertz CT molecular complexity index is 365. The van der Waals surface area contributed by atoms with Crippen LogP contribution in [0, 0.1) is 6.92 Å². The van der Waals surface area contributed by atoms with E-state index in [1.54, 1.807) is 7.11 Å². The highest BCUT2D eigenvalue weighted by molar-refractivity contribution is 5.28. The van der Waals surface area contributed by atoms with Gasteiger partial charge in [0, 0.05) is 37.9 Å². The van der Waals surface area contributed by atoms with E-state index in [1.807, 2.05) is 6.92 Å². The molecule has 0 amide bonds. The monoisotopic (exact) mass is 207 g/mol. The number of fused-ring (bicyclic) bond motifs is 1. The SMILES string of the molecule is COC(C)Cc1nc(C)c2c(n1)CNC2. The summed E-state index contributed by atoms with van der Waals surface area (Å²) in [5.41, 5.74) is 3.52. The Morgan fingerprint density at radius 2 is 2.20 bits per heavy atom. The first-order chi connectivity index (χ1) is 7.20. The molecule has 2 heterocycles. The quantitative estimate of drug-likeness (QED) is 0.802. The Morgan fingerprint density at radius 3 is 2.93 bits per heavy atom. The van der Waals surface area contributed by atoms with Gasteiger partial charge in [-0.05, 0) is 13.8 Å². The molecule has 1 unspecified atom stereocenters. The van der Waals surface area contributed by atoms with E-state index in [4.69, 9.17) is 4.74 Å². The molecule has 0 spiro atoms. The number of nitrogens with zero attached hydrogens (tertiary/aromatic N) is 2. The van der Waals surface area contributed by atoms with Gasteiger partial charge in [-0.1, -0.05) is 0 Å². The van der Waals surface area contributed by atoms with Crippen molar-refractivity contribution in [2.24, 2.45) is 0 Å². The summed E-state index contributed by atoms with van der Waals surface area (Å²) in [6, 6.07) is 0. The second-order valence-electron chi connectivity index (χ2n) is 4.00. The van der Waals surface area contributed by atoms with Gasteiger partial charge in [0.05, 0.1) is 11.8 Å². The second-order valence-corrected chi connectivity index (χ2v) is 4.00. The lowest BCUT2D eigenvalue weighted by Gasteiger charge is -2.10. The van der Waals surface area contributed by atoms with Crippen LogP contribution in [-0.2, 0) is 24.2 Å². The molecule has 1 aromatic heterocycles. The molecular formula is C11H17N3O. The molecule has 4 nitrogen and oxygen atoms in total. The van der Waals surface area contributed by atoms with Gasteiger partial charge in [0.15, 0.2) is 0 Å². The number of rotatable bonds is 3. The number of methoxy groups -OCH3 is 1. The molecule has 0 aliphatic carbocycles. The van der Waals surface area contributed by atoms with E-state index < -0.39 is 0 Å². The Hall–Kier alpha value is -1.00. The van der Waals surface area contributed by atoms with Crippen LogP contribution in [0.5, 0.6) is 0 Å². The minimum absolute atomic E-state index is 0.178. The summed E-state index contributed by atoms with van der Waals surface area (Å²) in [5, 5.41) is 3.29. The number of ether oxygens (including phenoxy) is 1. The molecule has 1 aliphatic heterocycles. The van der Waals surface area contributed by atoms with Crippen molar-refractivity contribution in [3.63, 3.8) is 0 Å². The second kappa shape index (κ2) is 4.24. The first-order valence-electron chi connectivity index (χ1n) is 5.29. The Labute approximate surface area is 90.1 Å². The number of nitrogens with one attached hydrogen (secondary N) is 1. The van der Waals surface area contributed by atoms with Crippen LogP contribution in [0.15, 0.2) is 0 Å². The Balaban J connectivity index is 2.23.